The van der Waals surface area contributed by atoms with E-state index in [1.165, 1.54) is 11.0 Å². The second kappa shape index (κ2) is 12.0. The van der Waals surface area contributed by atoms with Crippen LogP contribution in [-0.2, 0) is 17.4 Å². The van der Waals surface area contributed by atoms with Crippen LogP contribution in [0.5, 0.6) is 0 Å². The second-order valence-electron chi connectivity index (χ2n) is 7.88. The summed E-state index contributed by atoms with van der Waals surface area (Å²) in [5, 5.41) is 3.37. The van der Waals surface area contributed by atoms with Crippen LogP contribution in [-0.4, -0.2) is 30.8 Å². The monoisotopic (exact) mass is 522 g/mol. The van der Waals surface area contributed by atoms with Crippen LogP contribution >= 0.6 is 34.8 Å². The van der Waals surface area contributed by atoms with E-state index in [1.807, 2.05) is 13.8 Å². The fourth-order valence-corrected chi connectivity index (χ4v) is 3.50. The van der Waals surface area contributed by atoms with E-state index in [1.54, 1.807) is 18.2 Å². The van der Waals surface area contributed by atoms with Crippen LogP contribution in [0, 0.1) is 5.92 Å². The molecule has 0 spiro atoms. The van der Waals surface area contributed by atoms with Crippen molar-refractivity contribution in [3.63, 3.8) is 0 Å². The molecule has 0 unspecified atom stereocenters. The van der Waals surface area contributed by atoms with E-state index < -0.39 is 23.6 Å². The van der Waals surface area contributed by atoms with Gasteiger partial charge in [-0.05, 0) is 54.7 Å². The molecule has 0 saturated carbocycles. The predicted octanol–water partition coefficient (Wildman–Crippen LogP) is 6.60. The molecule has 0 radical (unpaired) electrons. The molecule has 180 valence electrons. The van der Waals surface area contributed by atoms with Gasteiger partial charge in [0, 0.05) is 24.3 Å². The highest BCUT2D eigenvalue weighted by molar-refractivity contribution is 6.42. The Kier molecular flexibility index (Phi) is 9.88. The van der Waals surface area contributed by atoms with E-state index in [4.69, 9.17) is 34.8 Å². The average molecular weight is 524 g/mol. The highest BCUT2D eigenvalue weighted by Gasteiger charge is 2.33. The molecule has 0 atom stereocenters. The number of hydrogen-bond acceptors (Lipinski definition) is 2. The van der Waals surface area contributed by atoms with Crippen LogP contribution in [0.1, 0.15) is 41.8 Å². The Morgan fingerprint density at radius 3 is 2.33 bits per heavy atom. The minimum Gasteiger partial charge on any atom is -0.352 e. The molecule has 4 nitrogen and oxygen atoms in total. The van der Waals surface area contributed by atoms with Crippen LogP contribution in [0.25, 0.3) is 0 Å². The Bertz CT molecular complexity index is 997. The molecule has 0 saturated heterocycles. The summed E-state index contributed by atoms with van der Waals surface area (Å²) in [6, 6.07) is 7.92. The number of carbonyl (C=O) groups excluding carboxylic acids is 2. The number of anilines is 1. The van der Waals surface area contributed by atoms with Gasteiger partial charge in [0.25, 0.3) is 5.91 Å². The van der Waals surface area contributed by atoms with Gasteiger partial charge in [-0.25, -0.2) is 0 Å². The molecule has 0 aliphatic heterocycles. The van der Waals surface area contributed by atoms with E-state index in [0.29, 0.717) is 22.9 Å². The Balaban J connectivity index is 2.27. The summed E-state index contributed by atoms with van der Waals surface area (Å²) in [6.07, 6.45) is -3.73. The summed E-state index contributed by atoms with van der Waals surface area (Å²) in [4.78, 5) is 26.2. The van der Waals surface area contributed by atoms with Crippen molar-refractivity contribution < 1.29 is 22.8 Å². The lowest BCUT2D eigenvalue weighted by Gasteiger charge is -2.24. The molecule has 10 heteroatoms. The molecule has 0 aliphatic carbocycles. The number of nitrogens with one attached hydrogen (secondary N) is 1. The van der Waals surface area contributed by atoms with Crippen molar-refractivity contribution in [1.29, 1.82) is 0 Å². The van der Waals surface area contributed by atoms with Crippen LogP contribution in [0.3, 0.4) is 0 Å². The highest BCUT2D eigenvalue weighted by Crippen LogP contribution is 2.33. The van der Waals surface area contributed by atoms with Gasteiger partial charge in [0.2, 0.25) is 5.91 Å². The number of amides is 2. The fraction of sp³-hybridized carbons (Fsp3) is 0.391. The summed E-state index contributed by atoms with van der Waals surface area (Å²) >= 11 is 17.5. The van der Waals surface area contributed by atoms with Crippen molar-refractivity contribution in [2.24, 2.45) is 5.92 Å². The number of carbonyl (C=O) groups is 2. The van der Waals surface area contributed by atoms with Crippen molar-refractivity contribution in [1.82, 2.24) is 5.32 Å². The van der Waals surface area contributed by atoms with Crippen LogP contribution in [0.4, 0.5) is 18.9 Å². The molecule has 2 aromatic rings. The van der Waals surface area contributed by atoms with E-state index in [9.17, 15) is 22.8 Å². The molecule has 0 aromatic heterocycles. The quantitative estimate of drug-likeness (QED) is 0.376. The number of nitrogens with zero attached hydrogens (tertiary/aromatic N) is 1. The van der Waals surface area contributed by atoms with Crippen LogP contribution in [0.2, 0.25) is 10.0 Å². The number of halogens is 6. The first-order chi connectivity index (χ1) is 15.4. The Morgan fingerprint density at radius 1 is 1.06 bits per heavy atom. The van der Waals surface area contributed by atoms with Crippen LogP contribution in [0.15, 0.2) is 36.4 Å². The Morgan fingerprint density at radius 2 is 1.76 bits per heavy atom. The van der Waals surface area contributed by atoms with Gasteiger partial charge in [-0.15, -0.1) is 11.6 Å². The molecule has 0 aliphatic rings. The average Bonchev–Trinajstić information content (AvgIpc) is 2.75. The maximum Gasteiger partial charge on any atom is 0.416 e. The highest BCUT2D eigenvalue weighted by atomic mass is 35.5. The van der Waals surface area contributed by atoms with E-state index in [-0.39, 0.29) is 36.1 Å². The largest absolute Gasteiger partial charge is 0.416 e. The Hall–Kier alpha value is -1.96. The molecule has 0 bridgehead atoms. The molecule has 1 N–H and O–H groups in total. The molecule has 33 heavy (non-hydrogen) atoms. The first-order valence-corrected chi connectivity index (χ1v) is 11.5. The zero-order valence-electron chi connectivity index (χ0n) is 18.1. The maximum atomic E-state index is 13.5. The predicted molar refractivity (Wildman–Crippen MR) is 126 cm³/mol. The van der Waals surface area contributed by atoms with Gasteiger partial charge in [-0.2, -0.15) is 13.2 Å². The molecular weight excluding hydrogens is 500 g/mol. The molecule has 0 heterocycles. The van der Waals surface area contributed by atoms with Crippen molar-refractivity contribution in [2.45, 2.75) is 32.9 Å². The lowest BCUT2D eigenvalue weighted by atomic mass is 10.1. The van der Waals surface area contributed by atoms with E-state index in [2.05, 4.69) is 5.32 Å². The molecule has 2 amide bonds. The zero-order valence-corrected chi connectivity index (χ0v) is 20.4. The van der Waals surface area contributed by atoms with Crippen LogP contribution < -0.4 is 10.2 Å². The second-order valence-corrected chi connectivity index (χ2v) is 8.96. The minimum absolute atomic E-state index is 0.0224. The number of benzene rings is 2. The van der Waals surface area contributed by atoms with Crippen molar-refractivity contribution in [3.8, 4) is 0 Å². The van der Waals surface area contributed by atoms with Gasteiger partial charge in [-0.3, -0.25) is 9.59 Å². The third-order valence-corrected chi connectivity index (χ3v) is 5.82. The SMILES string of the molecule is CC(C)CCN(C(=O)CCl)c1cc(C(=O)NCCc2ccc(Cl)c(Cl)c2)cc(C(F)(F)F)c1. The smallest absolute Gasteiger partial charge is 0.352 e. The summed E-state index contributed by atoms with van der Waals surface area (Å²) in [6.45, 7) is 4.22. The van der Waals surface area contributed by atoms with Gasteiger partial charge >= 0.3 is 6.18 Å². The van der Waals surface area contributed by atoms with E-state index >= 15 is 0 Å². The third kappa shape index (κ3) is 8.09. The van der Waals surface area contributed by atoms with Gasteiger partial charge in [-0.1, -0.05) is 43.1 Å². The molecular formula is C23H24Cl3F3N2O2. The van der Waals surface area contributed by atoms with E-state index in [0.717, 1.165) is 17.7 Å². The molecule has 0 fully saturated rings. The van der Waals surface area contributed by atoms with Gasteiger partial charge in [0.1, 0.15) is 5.88 Å². The maximum absolute atomic E-state index is 13.5. The fourth-order valence-electron chi connectivity index (χ4n) is 3.04. The molecule has 2 aromatic carbocycles. The topological polar surface area (TPSA) is 49.4 Å². The minimum atomic E-state index is -4.70. The first kappa shape index (κ1) is 27.3. The standard InChI is InChI=1S/C23H24Cl3F3N2O2/c1-14(2)6-8-31(21(32)13-24)18-11-16(10-17(12-18)23(27,28)29)22(33)30-7-5-15-3-4-19(25)20(26)9-15/h3-4,9-12,14H,5-8,13H2,1-2H3,(H,30,33). The van der Waals surface area contributed by atoms with Crippen molar-refractivity contribution in [2.75, 3.05) is 23.9 Å². The first-order valence-electron chi connectivity index (χ1n) is 10.2. The number of hydrogen-bond donors (Lipinski definition) is 1. The summed E-state index contributed by atoms with van der Waals surface area (Å²) in [5.41, 5.74) is -0.440. The van der Waals surface area contributed by atoms with Crippen molar-refractivity contribution >= 4 is 52.3 Å². The third-order valence-electron chi connectivity index (χ3n) is 4.85. The number of alkyl halides is 4. The lowest BCUT2D eigenvalue weighted by Crippen LogP contribution is -2.34. The Labute approximate surface area is 206 Å². The van der Waals surface area contributed by atoms with Gasteiger partial charge < -0.3 is 10.2 Å². The molecule has 2 rings (SSSR count). The normalized spacial score (nSPS) is 11.5. The summed E-state index contributed by atoms with van der Waals surface area (Å²) in [7, 11) is 0. The lowest BCUT2D eigenvalue weighted by molar-refractivity contribution is -0.137. The van der Waals surface area contributed by atoms with Gasteiger partial charge in [0.05, 0.1) is 15.6 Å². The zero-order chi connectivity index (χ0) is 24.8. The van der Waals surface area contributed by atoms with Crippen molar-refractivity contribution in [3.05, 3.63) is 63.1 Å². The number of rotatable bonds is 9. The van der Waals surface area contributed by atoms with Gasteiger partial charge in [0.15, 0.2) is 0 Å². The summed E-state index contributed by atoms with van der Waals surface area (Å²) < 4.78 is 40.6. The summed E-state index contributed by atoms with van der Waals surface area (Å²) in [5.74, 6) is -1.41.